The van der Waals surface area contributed by atoms with Crippen molar-refractivity contribution < 1.29 is 22.8 Å². The Hall–Kier alpha value is -1.27. The summed E-state index contributed by atoms with van der Waals surface area (Å²) in [6, 6.07) is 0.139. The summed E-state index contributed by atoms with van der Waals surface area (Å²) >= 11 is 0. The summed E-state index contributed by atoms with van der Waals surface area (Å²) in [6.07, 6.45) is -3.09. The van der Waals surface area contributed by atoms with Crippen LogP contribution in [-0.4, -0.2) is 42.0 Å². The molecule has 3 atom stereocenters. The van der Waals surface area contributed by atoms with Gasteiger partial charge in [0.15, 0.2) is 0 Å². The number of hydrogen-bond donors (Lipinski definition) is 1. The van der Waals surface area contributed by atoms with E-state index in [1.807, 2.05) is 0 Å². The Kier molecular flexibility index (Phi) is 3.25. The second-order valence-electron chi connectivity index (χ2n) is 5.09. The van der Waals surface area contributed by atoms with Gasteiger partial charge < -0.3 is 10.2 Å². The third kappa shape index (κ3) is 2.44. The van der Waals surface area contributed by atoms with Crippen molar-refractivity contribution >= 4 is 11.8 Å². The van der Waals surface area contributed by atoms with Gasteiger partial charge in [-0.2, -0.15) is 13.2 Å². The molecule has 2 aliphatic rings. The van der Waals surface area contributed by atoms with Crippen LogP contribution in [0.15, 0.2) is 0 Å². The number of nitrogens with one attached hydrogen (secondary N) is 1. The van der Waals surface area contributed by atoms with Gasteiger partial charge in [-0.1, -0.05) is 6.92 Å². The number of rotatable bonds is 2. The van der Waals surface area contributed by atoms with Gasteiger partial charge in [0, 0.05) is 12.6 Å². The van der Waals surface area contributed by atoms with Crippen LogP contribution in [0.25, 0.3) is 0 Å². The van der Waals surface area contributed by atoms with Crippen molar-refractivity contribution in [1.29, 1.82) is 0 Å². The van der Waals surface area contributed by atoms with Crippen LogP contribution in [0.2, 0.25) is 0 Å². The van der Waals surface area contributed by atoms with E-state index in [9.17, 15) is 22.8 Å². The Balaban J connectivity index is 1.82. The molecule has 2 amide bonds. The monoisotopic (exact) mass is 264 g/mol. The first-order valence-corrected chi connectivity index (χ1v) is 5.93. The molecule has 0 radical (unpaired) electrons. The van der Waals surface area contributed by atoms with Crippen LogP contribution < -0.4 is 5.32 Å². The molecule has 1 saturated heterocycles. The third-order valence-corrected chi connectivity index (χ3v) is 3.87. The number of likely N-dealkylation sites (tertiary alicyclic amines) is 1. The Labute approximate surface area is 103 Å². The van der Waals surface area contributed by atoms with E-state index in [1.54, 1.807) is 10.2 Å². The number of hydrogen-bond acceptors (Lipinski definition) is 2. The number of alkyl halides is 3. The molecule has 2 bridgehead atoms. The minimum atomic E-state index is -4.93. The van der Waals surface area contributed by atoms with Gasteiger partial charge in [-0.05, 0) is 24.7 Å². The molecular weight excluding hydrogens is 249 g/mol. The van der Waals surface area contributed by atoms with Gasteiger partial charge in [-0.3, -0.25) is 9.59 Å². The Morgan fingerprint density at radius 2 is 2.00 bits per heavy atom. The molecule has 3 unspecified atom stereocenters. The van der Waals surface area contributed by atoms with Crippen molar-refractivity contribution in [3.8, 4) is 0 Å². The van der Waals surface area contributed by atoms with Crippen molar-refractivity contribution in [3.05, 3.63) is 0 Å². The topological polar surface area (TPSA) is 49.4 Å². The average Bonchev–Trinajstić information content (AvgIpc) is 2.82. The fourth-order valence-electron chi connectivity index (χ4n) is 2.87. The molecular formula is C11H15F3N2O2. The maximum atomic E-state index is 11.9. The number of fused-ring (bicyclic) bond motifs is 2. The van der Waals surface area contributed by atoms with Gasteiger partial charge in [0.05, 0.1) is 6.54 Å². The van der Waals surface area contributed by atoms with Crippen LogP contribution in [0.5, 0.6) is 0 Å². The molecule has 2 rings (SSSR count). The number of carbonyl (C=O) groups is 2. The van der Waals surface area contributed by atoms with Crippen LogP contribution in [0.4, 0.5) is 13.2 Å². The lowest BCUT2D eigenvalue weighted by Gasteiger charge is -2.30. The predicted octanol–water partition coefficient (Wildman–Crippen LogP) is 0.922. The number of nitrogens with zero attached hydrogens (tertiary/aromatic N) is 1. The number of amides is 2. The second-order valence-corrected chi connectivity index (χ2v) is 5.09. The summed E-state index contributed by atoms with van der Waals surface area (Å²) in [7, 11) is 0. The average molecular weight is 264 g/mol. The first-order chi connectivity index (χ1) is 8.29. The van der Waals surface area contributed by atoms with E-state index in [0.29, 0.717) is 18.4 Å². The number of halogens is 3. The molecule has 1 aliphatic heterocycles. The molecule has 0 spiro atoms. The normalized spacial score (nSPS) is 30.7. The van der Waals surface area contributed by atoms with E-state index in [4.69, 9.17) is 0 Å². The maximum Gasteiger partial charge on any atom is 0.471 e. The summed E-state index contributed by atoms with van der Waals surface area (Å²) in [5.74, 6) is -1.46. The molecule has 0 aromatic carbocycles. The number of piperidine rings is 1. The first kappa shape index (κ1) is 13.2. The molecule has 4 nitrogen and oxygen atoms in total. The zero-order valence-corrected chi connectivity index (χ0v) is 9.96. The third-order valence-electron chi connectivity index (χ3n) is 3.87. The van der Waals surface area contributed by atoms with E-state index in [0.717, 1.165) is 12.8 Å². The van der Waals surface area contributed by atoms with Crippen molar-refractivity contribution in [2.24, 2.45) is 11.8 Å². The highest BCUT2D eigenvalue weighted by molar-refractivity contribution is 5.87. The lowest BCUT2D eigenvalue weighted by atomic mass is 9.97. The smallest absolute Gasteiger partial charge is 0.339 e. The summed E-state index contributed by atoms with van der Waals surface area (Å²) < 4.78 is 35.8. The molecule has 0 aromatic rings. The van der Waals surface area contributed by atoms with Gasteiger partial charge in [0.2, 0.25) is 5.91 Å². The standard InChI is InChI=1S/C11H15F3N2O2/c1-6-2-8-3-7(6)5-16(8)9(17)4-15-10(18)11(12,13)14/h6-8H,2-5H2,1H3,(H,15,18). The second kappa shape index (κ2) is 4.44. The molecule has 1 aliphatic carbocycles. The highest BCUT2D eigenvalue weighted by atomic mass is 19.4. The molecule has 7 heteroatoms. The van der Waals surface area contributed by atoms with Crippen LogP contribution in [0.1, 0.15) is 19.8 Å². The first-order valence-electron chi connectivity index (χ1n) is 5.93. The highest BCUT2D eigenvalue weighted by Gasteiger charge is 2.45. The Morgan fingerprint density at radius 1 is 1.33 bits per heavy atom. The van der Waals surface area contributed by atoms with Gasteiger partial charge in [-0.25, -0.2) is 0 Å². The van der Waals surface area contributed by atoms with Crippen molar-refractivity contribution in [2.75, 3.05) is 13.1 Å². The quantitative estimate of drug-likeness (QED) is 0.806. The van der Waals surface area contributed by atoms with E-state index in [2.05, 4.69) is 6.92 Å². The summed E-state index contributed by atoms with van der Waals surface area (Å²) in [5.41, 5.74) is 0. The van der Waals surface area contributed by atoms with Gasteiger partial charge in [0.25, 0.3) is 0 Å². The van der Waals surface area contributed by atoms with Crippen molar-refractivity contribution in [2.45, 2.75) is 32.0 Å². The zero-order valence-electron chi connectivity index (χ0n) is 9.96. The van der Waals surface area contributed by atoms with Crippen LogP contribution in [0.3, 0.4) is 0 Å². The summed E-state index contributed by atoms with van der Waals surface area (Å²) in [4.78, 5) is 23.9. The van der Waals surface area contributed by atoms with Crippen molar-refractivity contribution in [1.82, 2.24) is 10.2 Å². The Bertz CT molecular complexity index is 368. The fourth-order valence-corrected chi connectivity index (χ4v) is 2.87. The minimum Gasteiger partial charge on any atom is -0.339 e. The van der Waals surface area contributed by atoms with Crippen LogP contribution in [0, 0.1) is 11.8 Å². The molecule has 2 fully saturated rings. The minimum absolute atomic E-state index is 0.139. The SMILES string of the molecule is CC1CC2CC1CN2C(=O)CNC(=O)C(F)(F)F. The predicted molar refractivity (Wildman–Crippen MR) is 56.5 cm³/mol. The Morgan fingerprint density at radius 3 is 2.44 bits per heavy atom. The largest absolute Gasteiger partial charge is 0.471 e. The lowest BCUT2D eigenvalue weighted by Crippen LogP contribution is -2.47. The van der Waals surface area contributed by atoms with Crippen LogP contribution in [-0.2, 0) is 9.59 Å². The molecule has 102 valence electrons. The number of carbonyl (C=O) groups excluding carboxylic acids is 2. The van der Waals surface area contributed by atoms with E-state index < -0.39 is 24.5 Å². The summed E-state index contributed by atoms with van der Waals surface area (Å²) in [5, 5.41) is 1.61. The van der Waals surface area contributed by atoms with Crippen LogP contribution >= 0.6 is 0 Å². The lowest BCUT2D eigenvalue weighted by molar-refractivity contribution is -0.174. The van der Waals surface area contributed by atoms with Gasteiger partial charge in [0.1, 0.15) is 0 Å². The van der Waals surface area contributed by atoms with Crippen molar-refractivity contribution in [3.63, 3.8) is 0 Å². The van der Waals surface area contributed by atoms with Gasteiger partial charge >= 0.3 is 12.1 Å². The maximum absolute atomic E-state index is 11.9. The van der Waals surface area contributed by atoms with Gasteiger partial charge in [-0.15, -0.1) is 0 Å². The zero-order chi connectivity index (χ0) is 13.5. The van der Waals surface area contributed by atoms with E-state index in [1.165, 1.54) is 0 Å². The van der Waals surface area contributed by atoms with E-state index in [-0.39, 0.29) is 6.04 Å². The highest BCUT2D eigenvalue weighted by Crippen LogP contribution is 2.41. The summed E-state index contributed by atoms with van der Waals surface area (Å²) in [6.45, 7) is 2.15. The fraction of sp³-hybridized carbons (Fsp3) is 0.818. The van der Waals surface area contributed by atoms with E-state index >= 15 is 0 Å². The molecule has 1 N–H and O–H groups in total. The molecule has 18 heavy (non-hydrogen) atoms. The molecule has 1 heterocycles. The molecule has 1 saturated carbocycles. The molecule has 0 aromatic heterocycles.